The first-order valence-electron chi connectivity index (χ1n) is 14.2. The van der Waals surface area contributed by atoms with Gasteiger partial charge in [0, 0.05) is 23.4 Å². The van der Waals surface area contributed by atoms with E-state index >= 15 is 0 Å². The Labute approximate surface area is 259 Å². The van der Waals surface area contributed by atoms with Crippen LogP contribution in [0.15, 0.2) is 60.9 Å². The van der Waals surface area contributed by atoms with Gasteiger partial charge in [-0.1, -0.05) is 43.5 Å². The van der Waals surface area contributed by atoms with Gasteiger partial charge in [0.1, 0.15) is 5.69 Å². The van der Waals surface area contributed by atoms with Gasteiger partial charge in [-0.2, -0.15) is 5.10 Å². The normalized spacial score (nSPS) is 16.8. The molecule has 0 spiro atoms. The number of fused-ring (bicyclic) bond motifs is 4. The van der Waals surface area contributed by atoms with Crippen LogP contribution in [-0.4, -0.2) is 39.8 Å². The van der Waals surface area contributed by atoms with Crippen molar-refractivity contribution in [1.82, 2.24) is 20.1 Å². The van der Waals surface area contributed by atoms with Crippen molar-refractivity contribution in [3.8, 4) is 16.8 Å². The summed E-state index contributed by atoms with van der Waals surface area (Å²) in [6.07, 6.45) is 5.15. The van der Waals surface area contributed by atoms with Crippen molar-refractivity contribution >= 4 is 40.9 Å². The number of carbonyl (C=O) groups excluding carboxylic acids is 3. The van der Waals surface area contributed by atoms with Gasteiger partial charge in [-0.15, -0.1) is 0 Å². The topological polar surface area (TPSA) is 127 Å². The molecule has 3 amide bonds. The molecule has 3 heterocycles. The van der Waals surface area contributed by atoms with Gasteiger partial charge in [-0.3, -0.25) is 19.9 Å². The number of hydrogen-bond acceptors (Lipinski definition) is 6. The van der Waals surface area contributed by atoms with E-state index in [0.717, 1.165) is 24.0 Å². The Morgan fingerprint density at radius 1 is 1.14 bits per heavy atom. The summed E-state index contributed by atoms with van der Waals surface area (Å²) in [4.78, 5) is 43.1. The highest BCUT2D eigenvalue weighted by molar-refractivity contribution is 6.30. The molecule has 0 fully saturated rings. The van der Waals surface area contributed by atoms with E-state index in [2.05, 4.69) is 26.0 Å². The Balaban J connectivity index is 1.48. The van der Waals surface area contributed by atoms with E-state index in [0.29, 0.717) is 41.2 Å². The van der Waals surface area contributed by atoms with Crippen LogP contribution in [0, 0.1) is 18.7 Å². The summed E-state index contributed by atoms with van der Waals surface area (Å²) < 4.78 is 20.8. The van der Waals surface area contributed by atoms with Crippen LogP contribution in [0.3, 0.4) is 0 Å². The zero-order valence-corrected chi connectivity index (χ0v) is 25.2. The maximum Gasteiger partial charge on any atom is 0.411 e. The van der Waals surface area contributed by atoms with Gasteiger partial charge in [0.2, 0.25) is 5.91 Å². The van der Waals surface area contributed by atoms with Crippen molar-refractivity contribution in [3.63, 3.8) is 0 Å². The number of benzene rings is 2. The molecule has 1 aliphatic heterocycles. The average Bonchev–Trinajstić information content (AvgIpc) is 3.40. The summed E-state index contributed by atoms with van der Waals surface area (Å²) >= 11 is 5.97. The average molecular weight is 619 g/mol. The van der Waals surface area contributed by atoms with E-state index in [1.807, 2.05) is 19.1 Å². The molecule has 5 rings (SSSR count). The largest absolute Gasteiger partial charge is 0.453 e. The quantitative estimate of drug-likeness (QED) is 0.230. The maximum absolute atomic E-state index is 14.7. The number of methoxy groups -OCH3 is 1. The third kappa shape index (κ3) is 6.57. The van der Waals surface area contributed by atoms with Gasteiger partial charge in [0.25, 0.3) is 5.91 Å². The Kier molecular flexibility index (Phi) is 9.24. The molecule has 2 aromatic heterocycles. The third-order valence-corrected chi connectivity index (χ3v) is 8.00. The highest BCUT2D eigenvalue weighted by Crippen LogP contribution is 2.34. The first-order valence-corrected chi connectivity index (χ1v) is 14.6. The molecule has 4 aromatic rings. The molecular weight excluding hydrogens is 587 g/mol. The maximum atomic E-state index is 14.7. The van der Waals surface area contributed by atoms with Crippen LogP contribution >= 0.6 is 11.6 Å². The molecule has 0 unspecified atom stereocenters. The molecule has 228 valence electrons. The molecule has 2 bridgehead atoms. The Bertz CT molecular complexity index is 1720. The molecule has 2 aromatic carbocycles. The second kappa shape index (κ2) is 13.3. The second-order valence-corrected chi connectivity index (χ2v) is 11.1. The molecule has 0 saturated carbocycles. The van der Waals surface area contributed by atoms with Gasteiger partial charge in [-0.05, 0) is 61.7 Å². The SMILES string of the molecule is COC(=O)Nc1ccc2c(c1)NC(=O)[C@H](C)CCCC[C@H](NC(=O)c1cnn(-c3cccc(Cl)c3F)c1C)c1cc-2ccn1. The molecule has 0 saturated heterocycles. The van der Waals surface area contributed by atoms with Gasteiger partial charge >= 0.3 is 6.09 Å². The highest BCUT2D eigenvalue weighted by Gasteiger charge is 2.24. The summed E-state index contributed by atoms with van der Waals surface area (Å²) in [7, 11) is 1.27. The van der Waals surface area contributed by atoms with Gasteiger partial charge in [0.15, 0.2) is 5.82 Å². The number of carbonyl (C=O) groups is 3. The zero-order valence-electron chi connectivity index (χ0n) is 24.5. The Morgan fingerprint density at radius 3 is 2.73 bits per heavy atom. The minimum Gasteiger partial charge on any atom is -0.453 e. The fraction of sp³-hybridized carbons (Fsp3) is 0.281. The van der Waals surface area contributed by atoms with Crippen molar-refractivity contribution < 1.29 is 23.5 Å². The van der Waals surface area contributed by atoms with E-state index in [1.54, 1.807) is 43.5 Å². The lowest BCUT2D eigenvalue weighted by Crippen LogP contribution is -2.29. The van der Waals surface area contributed by atoms with Crippen molar-refractivity contribution in [2.24, 2.45) is 5.92 Å². The fourth-order valence-corrected chi connectivity index (χ4v) is 5.37. The fourth-order valence-electron chi connectivity index (χ4n) is 5.20. The summed E-state index contributed by atoms with van der Waals surface area (Å²) in [5.74, 6) is -1.40. The number of hydrogen-bond donors (Lipinski definition) is 3. The van der Waals surface area contributed by atoms with Crippen LogP contribution in [0.1, 0.15) is 60.4 Å². The molecular formula is C32H32ClFN6O4. The van der Waals surface area contributed by atoms with Crippen LogP contribution in [0.2, 0.25) is 5.02 Å². The summed E-state index contributed by atoms with van der Waals surface area (Å²) in [6, 6.07) is 13.0. The highest BCUT2D eigenvalue weighted by atomic mass is 35.5. The summed E-state index contributed by atoms with van der Waals surface area (Å²) in [5, 5.41) is 13.0. The number of aromatic nitrogens is 3. The first-order chi connectivity index (χ1) is 21.2. The van der Waals surface area contributed by atoms with E-state index in [4.69, 9.17) is 16.3 Å². The molecule has 0 radical (unpaired) electrons. The van der Waals surface area contributed by atoms with E-state index < -0.39 is 18.0 Å². The van der Waals surface area contributed by atoms with E-state index in [1.165, 1.54) is 24.1 Å². The predicted octanol–water partition coefficient (Wildman–Crippen LogP) is 6.83. The van der Waals surface area contributed by atoms with Crippen LogP contribution in [0.25, 0.3) is 16.8 Å². The smallest absolute Gasteiger partial charge is 0.411 e. The minimum atomic E-state index is -0.627. The number of nitrogens with one attached hydrogen (secondary N) is 3. The van der Waals surface area contributed by atoms with Crippen molar-refractivity contribution in [3.05, 3.63) is 88.7 Å². The third-order valence-electron chi connectivity index (χ3n) is 7.71. The number of nitrogens with zero attached hydrogens (tertiary/aromatic N) is 3. The number of halogens is 2. The van der Waals surface area contributed by atoms with Crippen LogP contribution in [0.4, 0.5) is 20.6 Å². The number of rotatable bonds is 4. The molecule has 1 aliphatic rings. The zero-order chi connectivity index (χ0) is 31.4. The Hall–Kier alpha value is -4.77. The van der Waals surface area contributed by atoms with E-state index in [9.17, 15) is 18.8 Å². The van der Waals surface area contributed by atoms with Crippen LogP contribution in [-0.2, 0) is 9.53 Å². The molecule has 10 nitrogen and oxygen atoms in total. The number of amides is 3. The number of anilines is 2. The van der Waals surface area contributed by atoms with Crippen LogP contribution in [0.5, 0.6) is 0 Å². The molecule has 12 heteroatoms. The minimum absolute atomic E-state index is 0.0397. The second-order valence-electron chi connectivity index (χ2n) is 10.7. The Morgan fingerprint density at radius 2 is 1.93 bits per heavy atom. The van der Waals surface area contributed by atoms with Gasteiger partial charge in [0.05, 0.1) is 47.0 Å². The van der Waals surface area contributed by atoms with Gasteiger partial charge in [-0.25, -0.2) is 13.9 Å². The lowest BCUT2D eigenvalue weighted by molar-refractivity contribution is -0.119. The standard InChI is InChI=1S/C32H32ClFN6O4/c1-18-7-4-5-9-25(38-31(42)23-17-36-40(19(23)2)28-10-6-8-24(33)29(28)34)27-15-20(13-14-35-27)22-12-11-21(37-32(43)44-3)16-26(22)39-30(18)41/h6,8,10-18,25H,4-5,7,9H2,1-3H3,(H,37,43)(H,38,42)(H,39,41)/t18-,25+/m1/s1. The first kappa shape index (κ1) is 30.7. The van der Waals surface area contributed by atoms with Crippen molar-refractivity contribution in [2.75, 3.05) is 17.7 Å². The molecule has 44 heavy (non-hydrogen) atoms. The molecule has 3 N–H and O–H groups in total. The monoisotopic (exact) mass is 618 g/mol. The van der Waals surface area contributed by atoms with Crippen molar-refractivity contribution in [1.29, 1.82) is 0 Å². The molecule has 0 aliphatic carbocycles. The van der Waals surface area contributed by atoms with E-state index in [-0.39, 0.29) is 28.4 Å². The predicted molar refractivity (Wildman–Crippen MR) is 165 cm³/mol. The van der Waals surface area contributed by atoms with Crippen molar-refractivity contribution in [2.45, 2.75) is 45.6 Å². The lowest BCUT2D eigenvalue weighted by Gasteiger charge is -2.19. The van der Waals surface area contributed by atoms with Gasteiger partial charge < -0.3 is 15.4 Å². The molecule has 2 atom stereocenters. The lowest BCUT2D eigenvalue weighted by atomic mass is 9.98. The summed E-state index contributed by atoms with van der Waals surface area (Å²) in [6.45, 7) is 3.56. The number of ether oxygens (including phenoxy) is 1. The summed E-state index contributed by atoms with van der Waals surface area (Å²) in [5.41, 5.74) is 4.00. The number of pyridine rings is 1. The van der Waals surface area contributed by atoms with Crippen LogP contribution < -0.4 is 16.0 Å².